The molecule has 1 aliphatic carbocycles. The molecule has 1 aliphatic rings. The van der Waals surface area contributed by atoms with Crippen molar-refractivity contribution < 1.29 is 13.6 Å². The number of nitrogens with zero attached hydrogens (tertiary/aromatic N) is 1. The molecule has 4 N–H and O–H groups in total. The van der Waals surface area contributed by atoms with Crippen molar-refractivity contribution in [1.29, 1.82) is 0 Å². The molecule has 6 nitrogen and oxygen atoms in total. The highest BCUT2D eigenvalue weighted by Gasteiger charge is 2.30. The van der Waals surface area contributed by atoms with E-state index in [4.69, 9.17) is 10.3 Å². The maximum absolute atomic E-state index is 14.0. The number of nitrogens with one attached hydrogen (secondary N) is 2. The standard InChI is InChI=1S/C16H19FN4O2/c1-21(9-12-3-2-6-23-12)15-13(10-4-5-10)7-11(17)8-14(15)19-16(22)20-18/h2-3,6-8,10H,4-5,9,18H2,1H3,(H2,19,20,22). The Morgan fingerprint density at radius 3 is 2.87 bits per heavy atom. The number of urea groups is 1. The lowest BCUT2D eigenvalue weighted by Crippen LogP contribution is -2.35. The zero-order valence-corrected chi connectivity index (χ0v) is 12.8. The summed E-state index contributed by atoms with van der Waals surface area (Å²) in [6.07, 6.45) is 3.65. The predicted octanol–water partition coefficient (Wildman–Crippen LogP) is 2.93. The summed E-state index contributed by atoms with van der Waals surface area (Å²) >= 11 is 0. The van der Waals surface area contributed by atoms with Crippen LogP contribution in [0, 0.1) is 5.82 Å². The van der Waals surface area contributed by atoms with Crippen LogP contribution in [-0.4, -0.2) is 13.1 Å². The summed E-state index contributed by atoms with van der Waals surface area (Å²) in [4.78, 5) is 13.5. The van der Waals surface area contributed by atoms with E-state index < -0.39 is 6.03 Å². The third-order valence-electron chi connectivity index (χ3n) is 3.86. The summed E-state index contributed by atoms with van der Waals surface area (Å²) in [5.41, 5.74) is 4.07. The number of anilines is 2. The van der Waals surface area contributed by atoms with E-state index in [0.717, 1.165) is 29.9 Å². The lowest BCUT2D eigenvalue weighted by Gasteiger charge is -2.25. The molecule has 122 valence electrons. The number of hydrogen-bond acceptors (Lipinski definition) is 4. The van der Waals surface area contributed by atoms with E-state index in [1.165, 1.54) is 12.1 Å². The Morgan fingerprint density at radius 2 is 2.26 bits per heavy atom. The zero-order chi connectivity index (χ0) is 16.4. The molecule has 7 heteroatoms. The predicted molar refractivity (Wildman–Crippen MR) is 85.5 cm³/mol. The summed E-state index contributed by atoms with van der Waals surface area (Å²) in [6, 6.07) is 5.93. The molecule has 1 saturated carbocycles. The number of carbonyl (C=O) groups excluding carboxylic acids is 1. The van der Waals surface area contributed by atoms with Gasteiger partial charge in [-0.05, 0) is 48.6 Å². The second-order valence-corrected chi connectivity index (χ2v) is 5.70. The third kappa shape index (κ3) is 3.45. The summed E-state index contributed by atoms with van der Waals surface area (Å²) in [5, 5.41) is 2.60. The Kier molecular flexibility index (Phi) is 4.20. The molecule has 0 radical (unpaired) electrons. The van der Waals surface area contributed by atoms with Crippen molar-refractivity contribution in [3.63, 3.8) is 0 Å². The van der Waals surface area contributed by atoms with Gasteiger partial charge in [-0.15, -0.1) is 0 Å². The molecule has 1 fully saturated rings. The summed E-state index contributed by atoms with van der Waals surface area (Å²) in [7, 11) is 1.88. The van der Waals surface area contributed by atoms with Crippen molar-refractivity contribution in [2.24, 2.45) is 5.84 Å². The Bertz CT molecular complexity index is 698. The molecule has 1 aromatic carbocycles. The Morgan fingerprint density at radius 1 is 1.48 bits per heavy atom. The largest absolute Gasteiger partial charge is 0.467 e. The molecule has 0 saturated heterocycles. The second-order valence-electron chi connectivity index (χ2n) is 5.70. The Hall–Kier alpha value is -2.54. The van der Waals surface area contributed by atoms with E-state index in [1.807, 2.05) is 29.5 Å². The molecule has 1 heterocycles. The van der Waals surface area contributed by atoms with Gasteiger partial charge in [-0.25, -0.2) is 15.0 Å². The highest BCUT2D eigenvalue weighted by atomic mass is 19.1. The van der Waals surface area contributed by atoms with E-state index in [-0.39, 0.29) is 5.82 Å². The first-order valence-corrected chi connectivity index (χ1v) is 7.43. The number of benzene rings is 1. The van der Waals surface area contributed by atoms with Crippen molar-refractivity contribution in [1.82, 2.24) is 5.43 Å². The number of amides is 2. The van der Waals surface area contributed by atoms with Gasteiger partial charge in [0.2, 0.25) is 0 Å². The van der Waals surface area contributed by atoms with Gasteiger partial charge in [0.05, 0.1) is 24.2 Å². The minimum absolute atomic E-state index is 0.321. The maximum atomic E-state index is 14.0. The van der Waals surface area contributed by atoms with E-state index >= 15 is 0 Å². The van der Waals surface area contributed by atoms with Crippen molar-refractivity contribution in [3.8, 4) is 0 Å². The van der Waals surface area contributed by atoms with Crippen LogP contribution in [0.3, 0.4) is 0 Å². The number of carbonyl (C=O) groups is 1. The van der Waals surface area contributed by atoms with E-state index in [9.17, 15) is 9.18 Å². The average Bonchev–Trinajstić information content (AvgIpc) is 3.24. The summed E-state index contributed by atoms with van der Waals surface area (Å²) in [6.45, 7) is 0.511. The van der Waals surface area contributed by atoms with Crippen molar-refractivity contribution in [2.75, 3.05) is 17.3 Å². The first-order chi connectivity index (χ1) is 11.1. The van der Waals surface area contributed by atoms with Crippen molar-refractivity contribution in [3.05, 3.63) is 47.7 Å². The molecule has 0 aliphatic heterocycles. The third-order valence-corrected chi connectivity index (χ3v) is 3.86. The van der Waals surface area contributed by atoms with Crippen LogP contribution in [0.5, 0.6) is 0 Å². The van der Waals surface area contributed by atoms with Gasteiger partial charge < -0.3 is 14.6 Å². The molecule has 0 atom stereocenters. The number of halogens is 1. The summed E-state index contributed by atoms with van der Waals surface area (Å²) < 4.78 is 19.3. The minimum Gasteiger partial charge on any atom is -0.467 e. The van der Waals surface area contributed by atoms with E-state index in [2.05, 4.69) is 5.32 Å². The van der Waals surface area contributed by atoms with Crippen LogP contribution < -0.4 is 21.5 Å². The van der Waals surface area contributed by atoms with Crippen molar-refractivity contribution in [2.45, 2.75) is 25.3 Å². The highest BCUT2D eigenvalue weighted by Crippen LogP contribution is 2.47. The molecule has 2 aromatic rings. The van der Waals surface area contributed by atoms with Gasteiger partial charge in [0, 0.05) is 7.05 Å². The Balaban J connectivity index is 1.98. The van der Waals surface area contributed by atoms with Gasteiger partial charge >= 0.3 is 6.03 Å². The first-order valence-electron chi connectivity index (χ1n) is 7.43. The fourth-order valence-electron chi connectivity index (χ4n) is 2.72. The van der Waals surface area contributed by atoms with E-state index in [0.29, 0.717) is 18.2 Å². The van der Waals surface area contributed by atoms with Gasteiger partial charge in [0.25, 0.3) is 0 Å². The van der Waals surface area contributed by atoms with Gasteiger partial charge in [-0.1, -0.05) is 0 Å². The van der Waals surface area contributed by atoms with Crippen LogP contribution in [0.2, 0.25) is 0 Å². The van der Waals surface area contributed by atoms with Gasteiger partial charge in [0.1, 0.15) is 11.6 Å². The molecule has 2 amide bonds. The molecule has 0 unspecified atom stereocenters. The van der Waals surface area contributed by atoms with Gasteiger partial charge in [-0.2, -0.15) is 0 Å². The van der Waals surface area contributed by atoms with Crippen LogP contribution in [0.25, 0.3) is 0 Å². The normalized spacial score (nSPS) is 13.7. The molecule has 0 spiro atoms. The van der Waals surface area contributed by atoms with Crippen molar-refractivity contribution >= 4 is 17.4 Å². The number of hydrogen-bond donors (Lipinski definition) is 3. The number of hydrazine groups is 1. The topological polar surface area (TPSA) is 83.5 Å². The fraction of sp³-hybridized carbons (Fsp3) is 0.312. The average molecular weight is 318 g/mol. The summed E-state index contributed by atoms with van der Waals surface area (Å²) in [5.74, 6) is 5.84. The minimum atomic E-state index is -0.593. The molecular formula is C16H19FN4O2. The molecule has 3 rings (SSSR count). The number of nitrogens with two attached hydrogens (primary N) is 1. The fourth-order valence-corrected chi connectivity index (χ4v) is 2.72. The zero-order valence-electron chi connectivity index (χ0n) is 12.8. The smallest absolute Gasteiger partial charge is 0.333 e. The van der Waals surface area contributed by atoms with Crippen LogP contribution in [0.1, 0.15) is 30.1 Å². The monoisotopic (exact) mass is 318 g/mol. The Labute approximate surface area is 133 Å². The van der Waals surface area contributed by atoms with Gasteiger partial charge in [0.15, 0.2) is 0 Å². The SMILES string of the molecule is CN(Cc1ccco1)c1c(NC(=O)NN)cc(F)cc1C1CC1. The first kappa shape index (κ1) is 15.4. The maximum Gasteiger partial charge on any atom is 0.333 e. The lowest BCUT2D eigenvalue weighted by molar-refractivity contribution is 0.252. The van der Waals surface area contributed by atoms with Crippen LogP contribution in [0.4, 0.5) is 20.6 Å². The van der Waals surface area contributed by atoms with Crippen LogP contribution in [0.15, 0.2) is 34.9 Å². The lowest BCUT2D eigenvalue weighted by atomic mass is 10.0. The van der Waals surface area contributed by atoms with Gasteiger partial charge in [-0.3, -0.25) is 5.43 Å². The quantitative estimate of drug-likeness (QED) is 0.450. The van der Waals surface area contributed by atoms with Crippen LogP contribution >= 0.6 is 0 Å². The molecule has 23 heavy (non-hydrogen) atoms. The molecule has 1 aromatic heterocycles. The number of furan rings is 1. The molecule has 0 bridgehead atoms. The van der Waals surface area contributed by atoms with Crippen LogP contribution in [-0.2, 0) is 6.54 Å². The second kappa shape index (κ2) is 6.29. The van der Waals surface area contributed by atoms with E-state index in [1.54, 1.807) is 6.26 Å². The molecular weight excluding hydrogens is 299 g/mol. The highest BCUT2D eigenvalue weighted by molar-refractivity contribution is 5.93. The number of rotatable bonds is 5.